The third kappa shape index (κ3) is 6.01. The van der Waals surface area contributed by atoms with Crippen molar-refractivity contribution in [1.82, 2.24) is 10.6 Å². The molecule has 0 saturated heterocycles. The minimum atomic E-state index is -0.319. The highest BCUT2D eigenvalue weighted by Gasteiger charge is 2.20. The lowest BCUT2D eigenvalue weighted by atomic mass is 9.89. The van der Waals surface area contributed by atoms with Crippen LogP contribution in [0.3, 0.4) is 0 Å². The average Bonchev–Trinajstić information content (AvgIpc) is 3.25. The normalized spacial score (nSPS) is 14.2. The van der Waals surface area contributed by atoms with Gasteiger partial charge in [0.05, 0.1) is 7.11 Å². The molecule has 1 fully saturated rings. The molecule has 2 aromatic rings. The first-order valence-electron chi connectivity index (χ1n) is 10.1. The fourth-order valence-electron chi connectivity index (χ4n) is 3.42. The van der Waals surface area contributed by atoms with Gasteiger partial charge in [0.2, 0.25) is 5.91 Å². The molecule has 1 heterocycles. The number of para-hydroxylation sites is 2. The first-order valence-corrected chi connectivity index (χ1v) is 10.1. The van der Waals surface area contributed by atoms with Crippen molar-refractivity contribution in [3.05, 3.63) is 47.9 Å². The van der Waals surface area contributed by atoms with Crippen LogP contribution in [0.2, 0.25) is 0 Å². The largest absolute Gasteiger partial charge is 0.493 e. The van der Waals surface area contributed by atoms with Crippen LogP contribution in [0.5, 0.6) is 11.5 Å². The molecule has 1 aliphatic carbocycles. The molecule has 2 amide bonds. The van der Waals surface area contributed by atoms with Crippen molar-refractivity contribution in [2.75, 3.05) is 20.2 Å². The summed E-state index contributed by atoms with van der Waals surface area (Å²) in [5.74, 6) is 1.87. The van der Waals surface area contributed by atoms with E-state index in [1.165, 1.54) is 6.42 Å². The van der Waals surface area contributed by atoms with Crippen LogP contribution in [0, 0.1) is 5.92 Å². The Morgan fingerprint density at radius 2 is 1.72 bits per heavy atom. The number of hydrogen-bond acceptors (Lipinski definition) is 5. The molecule has 0 aliphatic heterocycles. The van der Waals surface area contributed by atoms with Crippen molar-refractivity contribution >= 4 is 11.8 Å². The van der Waals surface area contributed by atoms with Crippen LogP contribution in [-0.2, 0) is 11.4 Å². The molecule has 29 heavy (non-hydrogen) atoms. The number of furan rings is 1. The van der Waals surface area contributed by atoms with Crippen molar-refractivity contribution in [3.8, 4) is 11.5 Å². The summed E-state index contributed by atoms with van der Waals surface area (Å²) in [5.41, 5.74) is 0. The molecular weight excluding hydrogens is 372 g/mol. The van der Waals surface area contributed by atoms with Gasteiger partial charge in [0.25, 0.3) is 5.91 Å². The second-order valence-corrected chi connectivity index (χ2v) is 7.09. The van der Waals surface area contributed by atoms with E-state index in [1.807, 2.05) is 18.2 Å². The Hall–Kier alpha value is -2.96. The molecular formula is C22H28N2O5. The smallest absolute Gasteiger partial charge is 0.287 e. The highest BCUT2D eigenvalue weighted by atomic mass is 16.5. The lowest BCUT2D eigenvalue weighted by Crippen LogP contribution is -2.38. The van der Waals surface area contributed by atoms with E-state index >= 15 is 0 Å². The second kappa shape index (κ2) is 10.5. The van der Waals surface area contributed by atoms with Crippen LogP contribution in [0.25, 0.3) is 0 Å². The van der Waals surface area contributed by atoms with Gasteiger partial charge in [-0.3, -0.25) is 9.59 Å². The van der Waals surface area contributed by atoms with Gasteiger partial charge in [-0.15, -0.1) is 0 Å². The molecule has 0 atom stereocenters. The van der Waals surface area contributed by atoms with E-state index in [1.54, 1.807) is 25.3 Å². The fraction of sp³-hybridized carbons (Fsp3) is 0.455. The van der Waals surface area contributed by atoms with Gasteiger partial charge in [0, 0.05) is 19.0 Å². The molecule has 1 aromatic carbocycles. The van der Waals surface area contributed by atoms with Crippen LogP contribution < -0.4 is 20.1 Å². The summed E-state index contributed by atoms with van der Waals surface area (Å²) >= 11 is 0. The fourth-order valence-corrected chi connectivity index (χ4v) is 3.42. The van der Waals surface area contributed by atoms with Gasteiger partial charge in [0.15, 0.2) is 17.3 Å². The molecule has 0 bridgehead atoms. The van der Waals surface area contributed by atoms with Gasteiger partial charge >= 0.3 is 0 Å². The molecule has 3 rings (SSSR count). The Labute approximate surface area is 170 Å². The van der Waals surface area contributed by atoms with E-state index in [9.17, 15) is 9.59 Å². The molecule has 7 heteroatoms. The zero-order valence-corrected chi connectivity index (χ0v) is 16.7. The maximum atomic E-state index is 12.2. The number of hydrogen-bond donors (Lipinski definition) is 2. The van der Waals surface area contributed by atoms with E-state index in [4.69, 9.17) is 13.9 Å². The summed E-state index contributed by atoms with van der Waals surface area (Å²) in [6, 6.07) is 10.6. The van der Waals surface area contributed by atoms with Gasteiger partial charge in [-0.1, -0.05) is 31.4 Å². The van der Waals surface area contributed by atoms with Gasteiger partial charge in [-0.2, -0.15) is 0 Å². The topological polar surface area (TPSA) is 89.8 Å². The Balaban J connectivity index is 1.39. The lowest BCUT2D eigenvalue weighted by Gasteiger charge is -2.20. The molecule has 7 nitrogen and oxygen atoms in total. The first kappa shape index (κ1) is 20.8. The van der Waals surface area contributed by atoms with Crippen LogP contribution in [0.15, 0.2) is 40.8 Å². The van der Waals surface area contributed by atoms with Crippen molar-refractivity contribution in [2.24, 2.45) is 5.92 Å². The Morgan fingerprint density at radius 1 is 1.00 bits per heavy atom. The van der Waals surface area contributed by atoms with Crippen LogP contribution in [0.1, 0.15) is 48.4 Å². The molecule has 1 aliphatic rings. The standard InChI is InChI=1S/C22H28N2O5/c1-27-18-9-5-6-10-19(18)28-15-17-11-12-20(29-17)22(26)24-14-13-23-21(25)16-7-3-2-4-8-16/h5-6,9-12,16H,2-4,7-8,13-15H2,1H3,(H,23,25)(H,24,26). The minimum absolute atomic E-state index is 0.0905. The monoisotopic (exact) mass is 400 g/mol. The van der Waals surface area contributed by atoms with Gasteiger partial charge < -0.3 is 24.5 Å². The highest BCUT2D eigenvalue weighted by Crippen LogP contribution is 2.27. The summed E-state index contributed by atoms with van der Waals surface area (Å²) < 4.78 is 16.5. The molecule has 0 unspecified atom stereocenters. The second-order valence-electron chi connectivity index (χ2n) is 7.09. The molecule has 0 spiro atoms. The quantitative estimate of drug-likeness (QED) is 0.631. The predicted molar refractivity (Wildman–Crippen MR) is 108 cm³/mol. The van der Waals surface area contributed by atoms with Gasteiger partial charge in [-0.25, -0.2) is 0 Å². The first-order chi connectivity index (χ1) is 14.2. The molecule has 156 valence electrons. The number of amides is 2. The Bertz CT molecular complexity index is 811. The highest BCUT2D eigenvalue weighted by molar-refractivity contribution is 5.91. The molecule has 2 N–H and O–H groups in total. The lowest BCUT2D eigenvalue weighted by molar-refractivity contribution is -0.125. The average molecular weight is 400 g/mol. The number of ether oxygens (including phenoxy) is 2. The van der Waals surface area contributed by atoms with Crippen LogP contribution in [0.4, 0.5) is 0 Å². The number of rotatable bonds is 9. The predicted octanol–water partition coefficient (Wildman–Crippen LogP) is 3.29. The Morgan fingerprint density at radius 3 is 2.48 bits per heavy atom. The summed E-state index contributed by atoms with van der Waals surface area (Å²) in [7, 11) is 1.58. The van der Waals surface area contributed by atoms with E-state index in [2.05, 4.69) is 10.6 Å². The Kier molecular flexibility index (Phi) is 7.55. The van der Waals surface area contributed by atoms with Crippen molar-refractivity contribution < 1.29 is 23.5 Å². The SMILES string of the molecule is COc1ccccc1OCc1ccc(C(=O)NCCNC(=O)C2CCCCC2)o1. The summed E-state index contributed by atoms with van der Waals surface area (Å²) in [5, 5.41) is 5.65. The third-order valence-corrected chi connectivity index (χ3v) is 5.01. The van der Waals surface area contributed by atoms with E-state index in [0.29, 0.717) is 30.3 Å². The minimum Gasteiger partial charge on any atom is -0.493 e. The van der Waals surface area contributed by atoms with Crippen LogP contribution >= 0.6 is 0 Å². The summed E-state index contributed by atoms with van der Waals surface area (Å²) in [4.78, 5) is 24.3. The maximum Gasteiger partial charge on any atom is 0.287 e. The van der Waals surface area contributed by atoms with E-state index in [-0.39, 0.29) is 30.1 Å². The third-order valence-electron chi connectivity index (χ3n) is 5.01. The molecule has 1 saturated carbocycles. The van der Waals surface area contributed by atoms with Crippen molar-refractivity contribution in [2.45, 2.75) is 38.7 Å². The summed E-state index contributed by atoms with van der Waals surface area (Å²) in [6.45, 7) is 0.946. The summed E-state index contributed by atoms with van der Waals surface area (Å²) in [6.07, 6.45) is 5.39. The number of carbonyl (C=O) groups excluding carboxylic acids is 2. The number of nitrogens with one attached hydrogen (secondary N) is 2. The number of methoxy groups -OCH3 is 1. The van der Waals surface area contributed by atoms with Gasteiger partial charge in [0.1, 0.15) is 12.4 Å². The van der Waals surface area contributed by atoms with Crippen molar-refractivity contribution in [1.29, 1.82) is 0 Å². The number of benzene rings is 1. The maximum absolute atomic E-state index is 12.2. The number of carbonyl (C=O) groups is 2. The van der Waals surface area contributed by atoms with Gasteiger partial charge in [-0.05, 0) is 37.1 Å². The molecule has 1 aromatic heterocycles. The zero-order chi connectivity index (χ0) is 20.5. The van der Waals surface area contributed by atoms with Crippen molar-refractivity contribution in [3.63, 3.8) is 0 Å². The van der Waals surface area contributed by atoms with E-state index < -0.39 is 0 Å². The molecule has 0 radical (unpaired) electrons. The van der Waals surface area contributed by atoms with E-state index in [0.717, 1.165) is 25.7 Å². The van der Waals surface area contributed by atoms with Crippen LogP contribution in [-0.4, -0.2) is 32.0 Å². The zero-order valence-electron chi connectivity index (χ0n) is 16.7.